The van der Waals surface area contributed by atoms with Crippen molar-refractivity contribution in [2.75, 3.05) is 6.54 Å². The van der Waals surface area contributed by atoms with Gasteiger partial charge in [0.25, 0.3) is 0 Å². The average Bonchev–Trinajstić information content (AvgIpc) is 2.82. The number of unbranched alkanes of at least 4 members (excludes halogenated alkanes) is 1. The summed E-state index contributed by atoms with van der Waals surface area (Å²) in [5.74, 6) is -4.10. The van der Waals surface area contributed by atoms with Crippen LogP contribution >= 0.6 is 0 Å². The Labute approximate surface area is 256 Å². The molecule has 1 aliphatic rings. The number of barbiturate groups is 1. The van der Waals surface area contributed by atoms with Gasteiger partial charge in [-0.05, 0) is 107 Å². The zero-order valence-corrected chi connectivity index (χ0v) is 28.0. The first-order chi connectivity index (χ1) is 19.5. The molecule has 1 fully saturated rings. The molecule has 246 valence electrons. The van der Waals surface area contributed by atoms with Crippen molar-refractivity contribution < 1.29 is 43.0 Å². The van der Waals surface area contributed by atoms with Crippen LogP contribution in [0, 0.1) is 5.41 Å². The summed E-state index contributed by atoms with van der Waals surface area (Å²) in [6, 6.07) is -4.08. The van der Waals surface area contributed by atoms with E-state index < -0.39 is 70.1 Å². The molecule has 12 nitrogen and oxygen atoms in total. The normalized spacial score (nSPS) is 17.4. The van der Waals surface area contributed by atoms with Crippen LogP contribution in [-0.2, 0) is 38.2 Å². The van der Waals surface area contributed by atoms with Crippen molar-refractivity contribution in [2.24, 2.45) is 11.1 Å². The summed E-state index contributed by atoms with van der Waals surface area (Å²) in [4.78, 5) is 83.7. The van der Waals surface area contributed by atoms with E-state index in [4.69, 9.17) is 19.9 Å². The van der Waals surface area contributed by atoms with Crippen LogP contribution in [0.1, 0.15) is 121 Å². The van der Waals surface area contributed by atoms with E-state index >= 15 is 0 Å². The van der Waals surface area contributed by atoms with E-state index in [1.807, 2.05) is 0 Å². The maximum Gasteiger partial charge on any atom is 0.335 e. The smallest absolute Gasteiger partial charge is 0.335 e. The van der Waals surface area contributed by atoms with Crippen LogP contribution in [0.4, 0.5) is 4.79 Å². The number of carbonyl (C=O) groups excluding carboxylic acids is 6. The third-order valence-corrected chi connectivity index (χ3v) is 6.83. The molecule has 1 saturated heterocycles. The molecule has 0 saturated carbocycles. The molecule has 2 atom stereocenters. The van der Waals surface area contributed by atoms with Gasteiger partial charge in [0, 0.05) is 6.42 Å². The fraction of sp³-hybridized carbons (Fsp3) is 0.806. The molecule has 1 heterocycles. The number of hydrogen-bond donors (Lipinski definition) is 1. The minimum Gasteiger partial charge on any atom is -0.460 e. The van der Waals surface area contributed by atoms with Crippen molar-refractivity contribution in [3.05, 3.63) is 0 Å². The van der Waals surface area contributed by atoms with E-state index in [0.29, 0.717) is 24.3 Å². The third-order valence-electron chi connectivity index (χ3n) is 6.83. The van der Waals surface area contributed by atoms with Crippen molar-refractivity contribution in [1.29, 1.82) is 0 Å². The van der Waals surface area contributed by atoms with Crippen molar-refractivity contribution in [3.8, 4) is 0 Å². The first-order valence-electron chi connectivity index (χ1n) is 15.1. The van der Waals surface area contributed by atoms with Crippen molar-refractivity contribution in [1.82, 2.24) is 9.80 Å². The fourth-order valence-electron chi connectivity index (χ4n) is 4.82. The molecule has 0 unspecified atom stereocenters. The number of ether oxygens (including phenoxy) is 3. The van der Waals surface area contributed by atoms with Gasteiger partial charge in [0.2, 0.25) is 11.8 Å². The van der Waals surface area contributed by atoms with Crippen molar-refractivity contribution >= 4 is 35.8 Å². The van der Waals surface area contributed by atoms with Crippen LogP contribution in [0.3, 0.4) is 0 Å². The first-order valence-corrected chi connectivity index (χ1v) is 15.1. The largest absolute Gasteiger partial charge is 0.460 e. The molecule has 0 aromatic carbocycles. The lowest BCUT2D eigenvalue weighted by Gasteiger charge is -2.47. The van der Waals surface area contributed by atoms with Gasteiger partial charge in [-0.25, -0.2) is 24.2 Å². The summed E-state index contributed by atoms with van der Waals surface area (Å²) >= 11 is 0. The highest BCUT2D eigenvalue weighted by atomic mass is 16.6. The molecule has 2 N–H and O–H groups in total. The highest BCUT2D eigenvalue weighted by Crippen LogP contribution is 2.39. The number of nitrogens with zero attached hydrogens (tertiary/aromatic N) is 2. The second-order valence-electron chi connectivity index (χ2n) is 13.9. The predicted molar refractivity (Wildman–Crippen MR) is 159 cm³/mol. The molecule has 43 heavy (non-hydrogen) atoms. The van der Waals surface area contributed by atoms with Gasteiger partial charge in [0.15, 0.2) is 0 Å². The maximum absolute atomic E-state index is 14.2. The van der Waals surface area contributed by atoms with Gasteiger partial charge in [-0.15, -0.1) is 0 Å². The number of amides is 4. The van der Waals surface area contributed by atoms with E-state index in [0.717, 1.165) is 4.90 Å². The lowest BCUT2D eigenvalue weighted by Crippen LogP contribution is -2.71. The summed E-state index contributed by atoms with van der Waals surface area (Å²) in [5, 5.41) is 0. The Morgan fingerprint density at radius 2 is 1.09 bits per heavy atom. The van der Waals surface area contributed by atoms with Gasteiger partial charge in [0.1, 0.15) is 34.3 Å². The molecule has 0 aliphatic carbocycles. The van der Waals surface area contributed by atoms with E-state index in [1.54, 1.807) is 76.2 Å². The molecule has 1 rings (SSSR count). The van der Waals surface area contributed by atoms with Gasteiger partial charge in [-0.1, -0.05) is 13.8 Å². The molecule has 0 spiro atoms. The lowest BCUT2D eigenvalue weighted by atomic mass is 9.77. The molecular formula is C31H53N3O9. The average molecular weight is 612 g/mol. The molecule has 0 bridgehead atoms. The number of imide groups is 2. The van der Waals surface area contributed by atoms with E-state index in [1.165, 1.54) is 0 Å². The lowest BCUT2D eigenvalue weighted by molar-refractivity contribution is -0.177. The Morgan fingerprint density at radius 3 is 1.44 bits per heavy atom. The fourth-order valence-corrected chi connectivity index (χ4v) is 4.82. The second-order valence-corrected chi connectivity index (χ2v) is 13.9. The van der Waals surface area contributed by atoms with E-state index in [2.05, 4.69) is 0 Å². The summed E-state index contributed by atoms with van der Waals surface area (Å²) < 4.78 is 16.6. The number of rotatable bonds is 13. The monoisotopic (exact) mass is 611 g/mol. The number of esters is 3. The summed E-state index contributed by atoms with van der Waals surface area (Å²) in [6.45, 7) is 18.5. The molecule has 4 amide bonds. The minimum atomic E-state index is -1.74. The van der Waals surface area contributed by atoms with Crippen LogP contribution in [0.5, 0.6) is 0 Å². The summed E-state index contributed by atoms with van der Waals surface area (Å²) in [6.07, 6.45) is 0.327. The molecular weight excluding hydrogens is 558 g/mol. The van der Waals surface area contributed by atoms with Crippen molar-refractivity contribution in [2.45, 2.75) is 150 Å². The quantitative estimate of drug-likeness (QED) is 0.138. The number of urea groups is 1. The summed E-state index contributed by atoms with van der Waals surface area (Å²) in [7, 11) is 0. The van der Waals surface area contributed by atoms with Gasteiger partial charge < -0.3 is 19.9 Å². The zero-order valence-electron chi connectivity index (χ0n) is 28.0. The van der Waals surface area contributed by atoms with Crippen LogP contribution in [-0.4, -0.2) is 81.0 Å². The van der Waals surface area contributed by atoms with Gasteiger partial charge in [-0.3, -0.25) is 14.4 Å². The SMILES string of the molecule is CCC1(CC)C(=O)N([C@@H](CCCCN)C(=O)OC(C)(C)C)C(=O)N([C@@H](CCC(=O)OC(C)(C)C)C(=O)OC(C)(C)C)C1=O. The van der Waals surface area contributed by atoms with Crippen molar-refractivity contribution in [3.63, 3.8) is 0 Å². The molecule has 12 heteroatoms. The second kappa shape index (κ2) is 14.6. The maximum atomic E-state index is 14.2. The Kier molecular flexibility index (Phi) is 12.9. The van der Waals surface area contributed by atoms with E-state index in [9.17, 15) is 28.8 Å². The van der Waals surface area contributed by atoms with Crippen LogP contribution in [0.15, 0.2) is 0 Å². The summed E-state index contributed by atoms with van der Waals surface area (Å²) in [5.41, 5.74) is 1.20. The molecule has 0 radical (unpaired) electrons. The number of hydrogen-bond acceptors (Lipinski definition) is 10. The van der Waals surface area contributed by atoms with Gasteiger partial charge in [0.05, 0.1) is 0 Å². The Balaban J connectivity index is 3.80. The van der Waals surface area contributed by atoms with Gasteiger partial charge in [-0.2, -0.15) is 0 Å². The van der Waals surface area contributed by atoms with Crippen LogP contribution in [0.2, 0.25) is 0 Å². The Bertz CT molecular complexity index is 1050. The molecule has 1 aliphatic heterocycles. The standard InChI is InChI=1S/C31H53N3O9/c1-12-31(13-2)25(38)33(20(16-14-15-19-32)23(36)42-29(6,7)8)27(40)34(26(31)39)21(24(37)43-30(9,10)11)17-18-22(35)41-28(3,4)5/h20-21H,12-19,32H2,1-11H3/t20-,21-/m0/s1. The minimum absolute atomic E-state index is 0.00160. The highest BCUT2D eigenvalue weighted by molar-refractivity contribution is 6.21. The predicted octanol–water partition coefficient (Wildman–Crippen LogP) is 4.26. The van der Waals surface area contributed by atoms with E-state index in [-0.39, 0.29) is 32.1 Å². The Hall–Kier alpha value is -3.02. The third kappa shape index (κ3) is 10.3. The highest BCUT2D eigenvalue weighted by Gasteiger charge is 2.60. The topological polar surface area (TPSA) is 163 Å². The number of nitrogens with two attached hydrogens (primary N) is 1. The van der Waals surface area contributed by atoms with Crippen LogP contribution < -0.4 is 5.73 Å². The zero-order chi connectivity index (χ0) is 33.6. The van der Waals surface area contributed by atoms with Gasteiger partial charge >= 0.3 is 23.9 Å². The Morgan fingerprint density at radius 1 is 0.698 bits per heavy atom. The van der Waals surface area contributed by atoms with Crippen LogP contribution in [0.25, 0.3) is 0 Å². The molecule has 0 aromatic heterocycles. The molecule has 0 aromatic rings. The first kappa shape index (κ1) is 38.0. The number of carbonyl (C=O) groups is 6.